The number of anilines is 1. The highest BCUT2D eigenvalue weighted by atomic mass is 123. The maximum atomic E-state index is 13.5. The van der Waals surface area contributed by atoms with Crippen LogP contribution in [-0.2, 0) is 0 Å². The molecule has 2 atom stereocenters. The Bertz CT molecular complexity index is 906. The van der Waals surface area contributed by atoms with Gasteiger partial charge in [-0.2, -0.15) is 0 Å². The average Bonchev–Trinajstić information content (AvgIpc) is 2.72. The lowest BCUT2D eigenvalue weighted by Gasteiger charge is -2.46. The zero-order valence-corrected chi connectivity index (χ0v) is 19.8. The molecule has 1 amide bonds. The van der Waals surface area contributed by atoms with Crippen molar-refractivity contribution in [2.75, 3.05) is 32.5 Å². The van der Waals surface area contributed by atoms with Crippen molar-refractivity contribution < 1.29 is 13.9 Å². The Balaban J connectivity index is 1.92. The Morgan fingerprint density at radius 2 is 2.07 bits per heavy atom. The van der Waals surface area contributed by atoms with Crippen LogP contribution < -0.4 is 15.8 Å². The minimum atomic E-state index is -0.475. The van der Waals surface area contributed by atoms with Gasteiger partial charge >= 0.3 is 0 Å². The number of hydrogen-bond donors (Lipinski definition) is 2. The summed E-state index contributed by atoms with van der Waals surface area (Å²) in [5.74, 6) is 0.0483. The van der Waals surface area contributed by atoms with E-state index >= 15 is 0 Å². The van der Waals surface area contributed by atoms with Gasteiger partial charge in [-0.25, -0.2) is 4.39 Å². The molecule has 0 bridgehead atoms. The average molecular weight is 521 g/mol. The van der Waals surface area contributed by atoms with Gasteiger partial charge in [0.15, 0.2) is 0 Å². The van der Waals surface area contributed by atoms with E-state index in [9.17, 15) is 9.18 Å². The number of amides is 1. The lowest BCUT2D eigenvalue weighted by Crippen LogP contribution is -2.58. The maximum absolute atomic E-state index is 13.5. The molecule has 30 heavy (non-hydrogen) atoms. The summed E-state index contributed by atoms with van der Waals surface area (Å²) in [7, 11) is 1.53. The van der Waals surface area contributed by atoms with E-state index in [0.29, 0.717) is 17.0 Å². The molecule has 2 aromatic rings. The van der Waals surface area contributed by atoms with E-state index in [-0.39, 0.29) is 17.6 Å². The number of nitrogens with two attached hydrogens (primary N) is 1. The fourth-order valence-electron chi connectivity index (χ4n) is 4.19. The third-order valence-electron chi connectivity index (χ3n) is 5.93. The summed E-state index contributed by atoms with van der Waals surface area (Å²) in [6, 6.07) is 10.1. The first-order chi connectivity index (χ1) is 14.3. The first-order valence-corrected chi connectivity index (χ1v) is 11.3. The van der Waals surface area contributed by atoms with Crippen LogP contribution in [0.4, 0.5) is 10.1 Å². The molecule has 1 heterocycles. The van der Waals surface area contributed by atoms with Crippen molar-refractivity contribution in [2.24, 2.45) is 0 Å². The van der Waals surface area contributed by atoms with Crippen LogP contribution in [0.1, 0.15) is 48.5 Å². The van der Waals surface area contributed by atoms with E-state index in [0.717, 1.165) is 41.6 Å². The summed E-state index contributed by atoms with van der Waals surface area (Å²) in [6.45, 7) is 6.96. The van der Waals surface area contributed by atoms with Crippen molar-refractivity contribution in [2.45, 2.75) is 38.1 Å². The zero-order valence-electron chi connectivity index (χ0n) is 17.7. The van der Waals surface area contributed by atoms with E-state index in [1.165, 1.54) is 19.2 Å². The van der Waals surface area contributed by atoms with Gasteiger partial charge in [-0.1, -0.05) is 19.1 Å². The van der Waals surface area contributed by atoms with Crippen molar-refractivity contribution in [1.82, 2.24) is 10.2 Å². The number of ether oxygens (including phenoxy) is 1. The number of halogens is 2. The summed E-state index contributed by atoms with van der Waals surface area (Å²) in [5, 5.41) is 3.28. The molecule has 3 rings (SSSR count). The summed E-state index contributed by atoms with van der Waals surface area (Å²) in [4.78, 5) is 15.7. The van der Waals surface area contributed by atoms with Crippen LogP contribution >= 0.6 is 22.6 Å². The quantitative estimate of drug-likeness (QED) is 0.437. The van der Waals surface area contributed by atoms with Crippen LogP contribution in [0.2, 0.25) is 0 Å². The van der Waals surface area contributed by atoms with Gasteiger partial charge < -0.3 is 20.7 Å². The summed E-state index contributed by atoms with van der Waals surface area (Å²) in [6.07, 6.45) is 1.87. The van der Waals surface area contributed by atoms with Crippen molar-refractivity contribution in [3.63, 3.8) is 0 Å². The first kappa shape index (κ1) is 22.8. The van der Waals surface area contributed by atoms with Gasteiger partial charge in [0, 0.05) is 39.9 Å². The van der Waals surface area contributed by atoms with E-state index in [4.69, 9.17) is 10.5 Å². The molecule has 1 saturated heterocycles. The van der Waals surface area contributed by atoms with Crippen LogP contribution in [0.15, 0.2) is 36.4 Å². The molecule has 7 heteroatoms. The molecule has 0 aliphatic carbocycles. The predicted molar refractivity (Wildman–Crippen MR) is 126 cm³/mol. The van der Waals surface area contributed by atoms with E-state index in [1.807, 2.05) is 12.1 Å². The maximum Gasteiger partial charge on any atom is 0.255 e. The number of benzene rings is 2. The van der Waals surface area contributed by atoms with Gasteiger partial charge in [-0.15, -0.1) is 0 Å². The lowest BCUT2D eigenvalue weighted by atomic mass is 9.75. The van der Waals surface area contributed by atoms with Crippen LogP contribution in [0.3, 0.4) is 0 Å². The molecular weight excluding hydrogens is 492 g/mol. The number of rotatable bonds is 6. The van der Waals surface area contributed by atoms with E-state index < -0.39 is 5.54 Å². The Labute approximate surface area is 191 Å². The predicted octanol–water partition coefficient (Wildman–Crippen LogP) is 4.41. The van der Waals surface area contributed by atoms with Gasteiger partial charge in [0.05, 0.1) is 12.7 Å². The van der Waals surface area contributed by atoms with E-state index in [2.05, 4.69) is 46.7 Å². The zero-order chi connectivity index (χ0) is 21.9. The smallest absolute Gasteiger partial charge is 0.255 e. The molecule has 2 aromatic carbocycles. The molecule has 5 nitrogen and oxygen atoms in total. The Hall–Kier alpha value is -1.87. The minimum Gasteiger partial charge on any atom is -0.496 e. The molecule has 0 aromatic heterocycles. The van der Waals surface area contributed by atoms with Crippen molar-refractivity contribution in [1.29, 1.82) is 0 Å². The summed E-state index contributed by atoms with van der Waals surface area (Å²) >= 11 is 2.12. The largest absolute Gasteiger partial charge is 0.496 e. The second-order valence-electron chi connectivity index (χ2n) is 8.10. The molecule has 3 N–H and O–H groups in total. The minimum absolute atomic E-state index is 0.0428. The Kier molecular flexibility index (Phi) is 7.23. The topological polar surface area (TPSA) is 67.6 Å². The van der Waals surface area contributed by atoms with Crippen LogP contribution in [-0.4, -0.2) is 43.1 Å². The normalized spacial score (nSPS) is 22.0. The second kappa shape index (κ2) is 9.51. The molecule has 1 fully saturated rings. The molecule has 1 aliphatic heterocycles. The number of carbonyl (C=O) groups is 1. The second-order valence-corrected chi connectivity index (χ2v) is 9.26. The number of nitrogens with one attached hydrogen (secondary N) is 1. The third kappa shape index (κ3) is 4.88. The Morgan fingerprint density at radius 3 is 2.70 bits per heavy atom. The number of methoxy groups -OCH3 is 1. The van der Waals surface area contributed by atoms with Gasteiger partial charge in [0.1, 0.15) is 11.6 Å². The van der Waals surface area contributed by atoms with Crippen molar-refractivity contribution in [3.05, 3.63) is 56.9 Å². The van der Waals surface area contributed by atoms with Crippen LogP contribution in [0, 0.1) is 9.39 Å². The molecule has 0 saturated carbocycles. The fourth-order valence-corrected chi connectivity index (χ4v) is 4.66. The molecule has 0 spiro atoms. The first-order valence-electron chi connectivity index (χ1n) is 10.2. The highest BCUT2D eigenvalue weighted by molar-refractivity contribution is 14.1. The molecule has 1 aliphatic rings. The summed E-state index contributed by atoms with van der Waals surface area (Å²) < 4.78 is 19.7. The number of nitrogen functional groups attached to an aromatic ring is 1. The molecule has 0 radical (unpaired) electrons. The van der Waals surface area contributed by atoms with Crippen molar-refractivity contribution in [3.8, 4) is 5.75 Å². The van der Waals surface area contributed by atoms with Crippen molar-refractivity contribution >= 4 is 34.2 Å². The standard InChI is InChI=1S/C23H29FIN3O2/c1-4-10-28-11-9-23(2,18(14-28)15-5-7-16(24)8-6-15)27-22(29)17-12-19(25)20(26)13-21(17)30-3/h5-8,12-13,18H,4,9-11,14,26H2,1-3H3,(H,27,29)/i25-4. The van der Waals surface area contributed by atoms with Gasteiger partial charge in [0.2, 0.25) is 0 Å². The molecule has 162 valence electrons. The number of piperidine rings is 1. The van der Waals surface area contributed by atoms with Gasteiger partial charge in [-0.05, 0) is 72.7 Å². The highest BCUT2D eigenvalue weighted by Crippen LogP contribution is 2.37. The molecular formula is C23H29FIN3O2. The monoisotopic (exact) mass is 521 g/mol. The number of likely N-dealkylation sites (tertiary alicyclic amines) is 1. The lowest BCUT2D eigenvalue weighted by molar-refractivity contribution is 0.0778. The van der Waals surface area contributed by atoms with Gasteiger partial charge in [-0.3, -0.25) is 4.79 Å². The third-order valence-corrected chi connectivity index (χ3v) is 6.87. The number of carbonyl (C=O) groups excluding carboxylic acids is 1. The molecule has 2 unspecified atom stereocenters. The van der Waals surface area contributed by atoms with Gasteiger partial charge in [0.25, 0.3) is 5.91 Å². The number of hydrogen-bond acceptors (Lipinski definition) is 4. The number of nitrogens with zero attached hydrogens (tertiary/aromatic N) is 1. The van der Waals surface area contributed by atoms with Crippen LogP contribution in [0.25, 0.3) is 0 Å². The summed E-state index contributed by atoms with van der Waals surface area (Å²) in [5.41, 5.74) is 7.57. The van der Waals surface area contributed by atoms with Crippen LogP contribution in [0.5, 0.6) is 5.75 Å². The SMILES string of the molecule is CCCN1CCC(C)(NC(=O)c2cc([123I])c(N)cc2OC)C(c2ccc(F)cc2)C1. The van der Waals surface area contributed by atoms with E-state index in [1.54, 1.807) is 12.1 Å². The Morgan fingerprint density at radius 1 is 1.37 bits per heavy atom. The highest BCUT2D eigenvalue weighted by Gasteiger charge is 2.41. The fraction of sp³-hybridized carbons (Fsp3) is 0.435.